The van der Waals surface area contributed by atoms with Crippen LogP contribution in [0.4, 0.5) is 5.69 Å². The van der Waals surface area contributed by atoms with Gasteiger partial charge in [-0.2, -0.15) is 0 Å². The predicted octanol–water partition coefficient (Wildman–Crippen LogP) is 5.18. The molecule has 1 aliphatic carbocycles. The first-order chi connectivity index (χ1) is 17.0. The van der Waals surface area contributed by atoms with Crippen LogP contribution in [-0.2, 0) is 22.4 Å². The highest BCUT2D eigenvalue weighted by molar-refractivity contribution is 9.10. The lowest BCUT2D eigenvalue weighted by Gasteiger charge is -2.31. The zero-order valence-electron chi connectivity index (χ0n) is 20.2. The number of aromatic nitrogens is 4. The van der Waals surface area contributed by atoms with Crippen LogP contribution >= 0.6 is 31.9 Å². The molecule has 1 fully saturated rings. The summed E-state index contributed by atoms with van der Waals surface area (Å²) in [6.45, 7) is 2.52. The van der Waals surface area contributed by atoms with E-state index >= 15 is 0 Å². The number of hydrogen-bond donors (Lipinski definition) is 0. The molecule has 1 saturated carbocycles. The number of amides is 2. The molecule has 1 aromatic heterocycles. The monoisotopic (exact) mass is 609 g/mol. The number of carbonyl (C=O) groups excluding carboxylic acids is 2. The second kappa shape index (κ2) is 12.4. The van der Waals surface area contributed by atoms with Crippen LogP contribution in [-0.4, -0.2) is 48.8 Å². The fourth-order valence-corrected chi connectivity index (χ4v) is 6.66. The third-order valence-electron chi connectivity index (χ3n) is 6.95. The minimum Gasteiger partial charge on any atom is -0.494 e. The molecule has 0 spiro atoms. The summed E-state index contributed by atoms with van der Waals surface area (Å²) >= 11 is 6.91. The van der Waals surface area contributed by atoms with Gasteiger partial charge < -0.3 is 4.74 Å². The lowest BCUT2D eigenvalue weighted by molar-refractivity contribution is -0.128. The molecule has 2 aromatic rings. The Hall–Kier alpha value is -1.81. The molecular formula is C25H33Br2N5O3. The molecule has 0 radical (unpaired) electrons. The largest absolute Gasteiger partial charge is 0.494 e. The number of aryl methyl sites for hydroxylation is 2. The van der Waals surface area contributed by atoms with Crippen LogP contribution in [0.5, 0.6) is 5.75 Å². The minimum atomic E-state index is -0.320. The summed E-state index contributed by atoms with van der Waals surface area (Å²) in [5.74, 6) is 1.09. The number of unbranched alkanes of at least 4 members (excludes halogenated alkanes) is 1. The van der Waals surface area contributed by atoms with Gasteiger partial charge in [0.25, 0.3) is 0 Å². The van der Waals surface area contributed by atoms with E-state index in [0.29, 0.717) is 36.5 Å². The van der Waals surface area contributed by atoms with Gasteiger partial charge in [-0.05, 0) is 66.3 Å². The highest BCUT2D eigenvalue weighted by Gasteiger charge is 2.35. The molecule has 2 amide bonds. The van der Waals surface area contributed by atoms with Crippen molar-refractivity contribution in [3.8, 4) is 5.75 Å². The SMILES string of the molecule is CC(Br)C(CBr)C(=O)N1C(=O)CCc2cc(OCCCCc3nnnn3C3CCCCC3)ccc21. The van der Waals surface area contributed by atoms with E-state index in [1.54, 1.807) is 0 Å². The molecule has 35 heavy (non-hydrogen) atoms. The molecule has 10 heteroatoms. The van der Waals surface area contributed by atoms with Crippen molar-refractivity contribution in [3.63, 3.8) is 0 Å². The number of rotatable bonds is 10. The average Bonchev–Trinajstić information content (AvgIpc) is 3.33. The number of carbonyl (C=O) groups is 2. The summed E-state index contributed by atoms with van der Waals surface area (Å²) in [5, 5.41) is 12.9. The first-order valence-electron chi connectivity index (χ1n) is 12.6. The number of halogens is 2. The highest BCUT2D eigenvalue weighted by Crippen LogP contribution is 2.33. The molecule has 0 bridgehead atoms. The minimum absolute atomic E-state index is 0.0394. The first-order valence-corrected chi connectivity index (χ1v) is 14.6. The van der Waals surface area contributed by atoms with Crippen molar-refractivity contribution in [1.82, 2.24) is 20.2 Å². The van der Waals surface area contributed by atoms with Crippen LogP contribution in [0.25, 0.3) is 0 Å². The third kappa shape index (κ3) is 6.31. The van der Waals surface area contributed by atoms with Gasteiger partial charge in [0.15, 0.2) is 5.82 Å². The van der Waals surface area contributed by atoms with Crippen molar-refractivity contribution in [2.24, 2.45) is 5.92 Å². The van der Waals surface area contributed by atoms with Crippen LogP contribution < -0.4 is 9.64 Å². The van der Waals surface area contributed by atoms with Crippen LogP contribution in [0.3, 0.4) is 0 Å². The number of tetrazole rings is 1. The van der Waals surface area contributed by atoms with Crippen molar-refractivity contribution in [3.05, 3.63) is 29.6 Å². The van der Waals surface area contributed by atoms with Gasteiger partial charge in [0.1, 0.15) is 5.75 Å². The zero-order chi connectivity index (χ0) is 24.8. The Morgan fingerprint density at radius 3 is 2.74 bits per heavy atom. The second-order valence-electron chi connectivity index (χ2n) is 9.43. The second-order valence-corrected chi connectivity index (χ2v) is 11.5. The van der Waals surface area contributed by atoms with Crippen LogP contribution in [0.2, 0.25) is 0 Å². The number of fused-ring (bicyclic) bond motifs is 1. The molecule has 2 aliphatic rings. The van der Waals surface area contributed by atoms with E-state index in [1.165, 1.54) is 37.0 Å². The van der Waals surface area contributed by atoms with Crippen molar-refractivity contribution in [1.29, 1.82) is 0 Å². The van der Waals surface area contributed by atoms with E-state index in [4.69, 9.17) is 4.74 Å². The molecule has 0 N–H and O–H groups in total. The van der Waals surface area contributed by atoms with Crippen LogP contribution in [0, 0.1) is 5.92 Å². The van der Waals surface area contributed by atoms with E-state index in [9.17, 15) is 9.59 Å². The van der Waals surface area contributed by atoms with Gasteiger partial charge in [0.2, 0.25) is 11.8 Å². The van der Waals surface area contributed by atoms with Crippen molar-refractivity contribution >= 4 is 49.4 Å². The van der Waals surface area contributed by atoms with E-state index in [2.05, 4.69) is 47.4 Å². The Labute approximate surface area is 223 Å². The van der Waals surface area contributed by atoms with E-state index in [-0.39, 0.29) is 22.6 Å². The highest BCUT2D eigenvalue weighted by atomic mass is 79.9. The van der Waals surface area contributed by atoms with Crippen molar-refractivity contribution in [2.75, 3.05) is 16.8 Å². The van der Waals surface area contributed by atoms with Crippen molar-refractivity contribution in [2.45, 2.75) is 82.0 Å². The maximum absolute atomic E-state index is 13.1. The molecular weight excluding hydrogens is 578 g/mol. The molecule has 1 aromatic carbocycles. The average molecular weight is 611 g/mol. The summed E-state index contributed by atoms with van der Waals surface area (Å²) < 4.78 is 8.04. The molecule has 2 heterocycles. The zero-order valence-corrected chi connectivity index (χ0v) is 23.3. The van der Waals surface area contributed by atoms with Gasteiger partial charge in [-0.15, -0.1) is 5.10 Å². The molecule has 8 nitrogen and oxygen atoms in total. The Morgan fingerprint density at radius 2 is 2.00 bits per heavy atom. The molecule has 190 valence electrons. The Balaban J connectivity index is 1.31. The Bertz CT molecular complexity index is 1020. The number of anilines is 1. The number of hydrogen-bond acceptors (Lipinski definition) is 6. The maximum Gasteiger partial charge on any atom is 0.238 e. The van der Waals surface area contributed by atoms with Crippen LogP contribution in [0.15, 0.2) is 18.2 Å². The Morgan fingerprint density at radius 1 is 1.20 bits per heavy atom. The maximum atomic E-state index is 13.1. The number of ether oxygens (including phenoxy) is 1. The Kier molecular flexibility index (Phi) is 9.33. The van der Waals surface area contributed by atoms with E-state index in [1.807, 2.05) is 29.8 Å². The number of imide groups is 1. The van der Waals surface area contributed by atoms with E-state index < -0.39 is 0 Å². The van der Waals surface area contributed by atoms with Crippen LogP contribution in [0.1, 0.15) is 75.7 Å². The molecule has 2 atom stereocenters. The van der Waals surface area contributed by atoms with Gasteiger partial charge in [0.05, 0.1) is 24.3 Å². The number of nitrogens with zero attached hydrogens (tertiary/aromatic N) is 5. The first kappa shape index (κ1) is 26.3. The number of alkyl halides is 2. The van der Waals surface area contributed by atoms with Gasteiger partial charge in [0, 0.05) is 23.0 Å². The summed E-state index contributed by atoms with van der Waals surface area (Å²) in [5.41, 5.74) is 1.64. The van der Waals surface area contributed by atoms with Gasteiger partial charge >= 0.3 is 0 Å². The number of benzene rings is 1. The lowest BCUT2D eigenvalue weighted by Crippen LogP contribution is -2.46. The van der Waals surface area contributed by atoms with Gasteiger partial charge in [-0.3, -0.25) is 9.59 Å². The fraction of sp³-hybridized carbons (Fsp3) is 0.640. The predicted molar refractivity (Wildman–Crippen MR) is 141 cm³/mol. The quantitative estimate of drug-likeness (QED) is 0.272. The lowest BCUT2D eigenvalue weighted by atomic mass is 9.95. The van der Waals surface area contributed by atoms with E-state index in [0.717, 1.165) is 36.4 Å². The third-order valence-corrected chi connectivity index (χ3v) is 8.29. The molecule has 1 aliphatic heterocycles. The normalized spacial score (nSPS) is 18.3. The standard InChI is InChI=1S/C25H33Br2N5O3/c1-17(27)21(16-26)25(34)31-22-12-11-20(15-18(22)10-13-24(31)33)35-14-6-5-9-23-28-29-30-32(23)19-7-3-2-4-8-19/h11-12,15,17,19,21H,2-10,13-14,16H2,1H3. The van der Waals surface area contributed by atoms with Gasteiger partial charge in [-0.25, -0.2) is 9.58 Å². The summed E-state index contributed by atoms with van der Waals surface area (Å²) in [6, 6.07) is 6.10. The molecule has 2 unspecified atom stereocenters. The summed E-state index contributed by atoms with van der Waals surface area (Å²) in [6.07, 6.45) is 9.78. The topological polar surface area (TPSA) is 90.2 Å². The summed E-state index contributed by atoms with van der Waals surface area (Å²) in [4.78, 5) is 27.0. The van der Waals surface area contributed by atoms with Gasteiger partial charge in [-0.1, -0.05) is 58.0 Å². The van der Waals surface area contributed by atoms with Crippen molar-refractivity contribution < 1.29 is 14.3 Å². The molecule has 4 rings (SSSR count). The smallest absolute Gasteiger partial charge is 0.238 e. The summed E-state index contributed by atoms with van der Waals surface area (Å²) in [7, 11) is 0. The molecule has 0 saturated heterocycles. The fourth-order valence-electron chi connectivity index (χ4n) is 4.91.